The maximum Gasteiger partial charge on any atom is 0.360 e. The average molecular weight is 154 g/mol. The number of rotatable bonds is 1. The Labute approximate surface area is 62.0 Å². The zero-order valence-electron chi connectivity index (χ0n) is 5.63. The lowest BCUT2D eigenvalue weighted by atomic mass is 10.3. The molecule has 2 rings (SSSR count). The predicted octanol–water partition coefficient (Wildman–Crippen LogP) is 0.341. The zero-order chi connectivity index (χ0) is 7.84. The van der Waals surface area contributed by atoms with Crippen molar-refractivity contribution < 1.29 is 14.4 Å². The fourth-order valence-corrected chi connectivity index (χ4v) is 1.12. The first-order chi connectivity index (χ1) is 5.29. The second-order valence-electron chi connectivity index (χ2n) is 2.31. The van der Waals surface area contributed by atoms with Gasteiger partial charge in [-0.15, -0.1) is 0 Å². The van der Waals surface area contributed by atoms with E-state index in [1.54, 1.807) is 0 Å². The minimum absolute atomic E-state index is 0.0162. The van der Waals surface area contributed by atoms with E-state index in [0.717, 1.165) is 13.0 Å². The highest BCUT2D eigenvalue weighted by molar-refractivity contribution is 5.92. The normalized spacial score (nSPS) is 14.2. The predicted molar refractivity (Wildman–Crippen MR) is 35.7 cm³/mol. The molecule has 1 aromatic rings. The molecule has 0 saturated heterocycles. The van der Waals surface area contributed by atoms with Gasteiger partial charge in [0.1, 0.15) is 5.69 Å². The summed E-state index contributed by atoms with van der Waals surface area (Å²) in [6.45, 7) is 0.733. The molecule has 1 aliphatic rings. The Kier molecular flexibility index (Phi) is 1.12. The first kappa shape index (κ1) is 6.21. The van der Waals surface area contributed by atoms with E-state index in [1.165, 1.54) is 0 Å². The minimum Gasteiger partial charge on any atom is -0.476 e. The number of nitrogens with one attached hydrogen (secondary N) is 1. The highest BCUT2D eigenvalue weighted by Gasteiger charge is 2.24. The molecule has 11 heavy (non-hydrogen) atoms. The molecule has 0 spiro atoms. The Morgan fingerprint density at radius 1 is 1.73 bits per heavy atom. The van der Waals surface area contributed by atoms with Gasteiger partial charge >= 0.3 is 5.97 Å². The fraction of sp³-hybridized carbons (Fsp3) is 0.333. The SMILES string of the molecule is O=C(O)c1noc2c1NCC2. The van der Waals surface area contributed by atoms with E-state index in [0.29, 0.717) is 11.4 Å². The van der Waals surface area contributed by atoms with Gasteiger partial charge in [0.15, 0.2) is 5.76 Å². The molecule has 58 valence electrons. The van der Waals surface area contributed by atoms with Crippen LogP contribution >= 0.6 is 0 Å². The van der Waals surface area contributed by atoms with Gasteiger partial charge in [-0.3, -0.25) is 0 Å². The number of carbonyl (C=O) groups is 1. The Morgan fingerprint density at radius 2 is 2.55 bits per heavy atom. The lowest BCUT2D eigenvalue weighted by Crippen LogP contribution is -2.02. The van der Waals surface area contributed by atoms with Gasteiger partial charge in [0.25, 0.3) is 0 Å². The van der Waals surface area contributed by atoms with Crippen molar-refractivity contribution >= 4 is 11.7 Å². The molecular formula is C6H6N2O3. The molecule has 0 aliphatic carbocycles. The van der Waals surface area contributed by atoms with Crippen LogP contribution in [0.25, 0.3) is 0 Å². The summed E-state index contributed by atoms with van der Waals surface area (Å²) < 4.78 is 4.78. The molecule has 0 saturated carbocycles. The molecule has 0 bridgehead atoms. The molecule has 1 aromatic heterocycles. The van der Waals surface area contributed by atoms with E-state index in [9.17, 15) is 4.79 Å². The van der Waals surface area contributed by atoms with Crippen LogP contribution in [0.2, 0.25) is 0 Å². The van der Waals surface area contributed by atoms with E-state index in [4.69, 9.17) is 9.63 Å². The Morgan fingerprint density at radius 3 is 3.27 bits per heavy atom. The molecule has 0 unspecified atom stereocenters. The first-order valence-corrected chi connectivity index (χ1v) is 3.25. The van der Waals surface area contributed by atoms with Crippen molar-refractivity contribution in [2.45, 2.75) is 6.42 Å². The number of carboxylic acids is 1. The quantitative estimate of drug-likeness (QED) is 0.610. The van der Waals surface area contributed by atoms with Crippen LogP contribution in [0.4, 0.5) is 5.69 Å². The molecule has 5 heteroatoms. The summed E-state index contributed by atoms with van der Waals surface area (Å²) in [6, 6.07) is 0. The Bertz CT molecular complexity index is 305. The third kappa shape index (κ3) is 0.772. The lowest BCUT2D eigenvalue weighted by molar-refractivity contribution is 0.0686. The number of nitrogens with zero attached hydrogens (tertiary/aromatic N) is 1. The van der Waals surface area contributed by atoms with Crippen LogP contribution < -0.4 is 5.32 Å². The summed E-state index contributed by atoms with van der Waals surface area (Å²) in [5.41, 5.74) is 0.523. The molecule has 5 nitrogen and oxygen atoms in total. The topological polar surface area (TPSA) is 75.4 Å². The second-order valence-corrected chi connectivity index (χ2v) is 2.31. The van der Waals surface area contributed by atoms with Gasteiger partial charge < -0.3 is 14.9 Å². The molecule has 0 amide bonds. The molecule has 0 aromatic carbocycles. The standard InChI is InChI=1S/C6H6N2O3/c9-6(10)5-4-3(11-8-5)1-2-7-4/h7H,1-2H2,(H,9,10). The number of fused-ring (bicyclic) bond motifs is 1. The number of aromatic nitrogens is 1. The van der Waals surface area contributed by atoms with Crippen LogP contribution in [0, 0.1) is 0 Å². The largest absolute Gasteiger partial charge is 0.476 e. The smallest absolute Gasteiger partial charge is 0.360 e. The molecule has 0 atom stereocenters. The van der Waals surface area contributed by atoms with Gasteiger partial charge in [-0.05, 0) is 0 Å². The summed E-state index contributed by atoms with van der Waals surface area (Å²) in [4.78, 5) is 10.5. The number of hydrogen-bond donors (Lipinski definition) is 2. The second kappa shape index (κ2) is 1.98. The number of anilines is 1. The van der Waals surface area contributed by atoms with Crippen molar-refractivity contribution in [1.82, 2.24) is 5.16 Å². The maximum absolute atomic E-state index is 10.5. The van der Waals surface area contributed by atoms with Gasteiger partial charge in [-0.1, -0.05) is 5.16 Å². The first-order valence-electron chi connectivity index (χ1n) is 3.25. The third-order valence-electron chi connectivity index (χ3n) is 1.62. The molecule has 0 radical (unpaired) electrons. The average Bonchev–Trinajstić information content (AvgIpc) is 2.41. The van der Waals surface area contributed by atoms with Crippen LogP contribution in [-0.4, -0.2) is 22.8 Å². The van der Waals surface area contributed by atoms with E-state index < -0.39 is 5.97 Å². The van der Waals surface area contributed by atoms with Gasteiger partial charge in [0, 0.05) is 13.0 Å². The minimum atomic E-state index is -1.05. The van der Waals surface area contributed by atoms with Crippen molar-refractivity contribution in [1.29, 1.82) is 0 Å². The number of carboxylic acid groups (broad SMARTS) is 1. The maximum atomic E-state index is 10.5. The molecule has 1 aliphatic heterocycles. The van der Waals surface area contributed by atoms with E-state index >= 15 is 0 Å². The lowest BCUT2D eigenvalue weighted by Gasteiger charge is -1.91. The monoisotopic (exact) mass is 154 g/mol. The summed E-state index contributed by atoms with van der Waals surface area (Å²) >= 11 is 0. The highest BCUT2D eigenvalue weighted by atomic mass is 16.5. The highest BCUT2D eigenvalue weighted by Crippen LogP contribution is 2.25. The number of hydrogen-bond acceptors (Lipinski definition) is 4. The summed E-state index contributed by atoms with van der Waals surface area (Å²) in [6.07, 6.45) is 0.718. The van der Waals surface area contributed by atoms with Crippen LogP contribution in [-0.2, 0) is 6.42 Å². The van der Waals surface area contributed by atoms with Crippen molar-refractivity contribution in [3.63, 3.8) is 0 Å². The third-order valence-corrected chi connectivity index (χ3v) is 1.62. The van der Waals surface area contributed by atoms with Gasteiger partial charge in [0.2, 0.25) is 5.69 Å². The van der Waals surface area contributed by atoms with Crippen molar-refractivity contribution in [2.75, 3.05) is 11.9 Å². The summed E-state index contributed by atoms with van der Waals surface area (Å²) in [5.74, 6) is -0.410. The zero-order valence-corrected chi connectivity index (χ0v) is 5.63. The Hall–Kier alpha value is -1.52. The van der Waals surface area contributed by atoms with Crippen molar-refractivity contribution in [2.24, 2.45) is 0 Å². The summed E-state index contributed by atoms with van der Waals surface area (Å²) in [7, 11) is 0. The summed E-state index contributed by atoms with van der Waals surface area (Å²) in [5, 5.41) is 14.9. The van der Waals surface area contributed by atoms with E-state index in [1.807, 2.05) is 0 Å². The van der Waals surface area contributed by atoms with Crippen LogP contribution in [0.5, 0.6) is 0 Å². The fourth-order valence-electron chi connectivity index (χ4n) is 1.12. The van der Waals surface area contributed by atoms with Gasteiger partial charge in [-0.2, -0.15) is 0 Å². The molecule has 0 fully saturated rings. The van der Waals surface area contributed by atoms with Gasteiger partial charge in [0.05, 0.1) is 0 Å². The Balaban J connectivity index is 2.50. The van der Waals surface area contributed by atoms with Crippen LogP contribution in [0.15, 0.2) is 4.52 Å². The van der Waals surface area contributed by atoms with Crippen LogP contribution in [0.3, 0.4) is 0 Å². The van der Waals surface area contributed by atoms with Crippen molar-refractivity contribution in [3.05, 3.63) is 11.5 Å². The molecular weight excluding hydrogens is 148 g/mol. The molecule has 2 heterocycles. The van der Waals surface area contributed by atoms with Crippen LogP contribution in [0.1, 0.15) is 16.2 Å². The van der Waals surface area contributed by atoms with E-state index in [2.05, 4.69) is 10.5 Å². The van der Waals surface area contributed by atoms with Crippen molar-refractivity contribution in [3.8, 4) is 0 Å². The molecule has 2 N–H and O–H groups in total. The van der Waals surface area contributed by atoms with Gasteiger partial charge in [-0.25, -0.2) is 4.79 Å². The number of aromatic carboxylic acids is 1. The van der Waals surface area contributed by atoms with E-state index in [-0.39, 0.29) is 5.69 Å².